The van der Waals surface area contributed by atoms with Gasteiger partial charge in [-0.05, 0) is 12.8 Å². The molecular weight excluding hydrogens is 236 g/mol. The summed E-state index contributed by atoms with van der Waals surface area (Å²) >= 11 is 0. The van der Waals surface area contributed by atoms with E-state index in [4.69, 9.17) is 5.11 Å². The Morgan fingerprint density at radius 1 is 1.56 bits per heavy atom. The minimum absolute atomic E-state index is 0.123. The summed E-state index contributed by atoms with van der Waals surface area (Å²) < 4.78 is 0. The van der Waals surface area contributed by atoms with E-state index in [0.29, 0.717) is 31.6 Å². The number of H-pyrrole nitrogens is 1. The van der Waals surface area contributed by atoms with E-state index in [9.17, 15) is 9.59 Å². The highest BCUT2D eigenvalue weighted by molar-refractivity contribution is 5.90. The van der Waals surface area contributed by atoms with E-state index in [2.05, 4.69) is 15.2 Å². The number of hydrogen-bond acceptors (Lipinski definition) is 4. The van der Waals surface area contributed by atoms with Crippen molar-refractivity contribution in [3.05, 3.63) is 11.6 Å². The average Bonchev–Trinajstić information content (AvgIpc) is 2.86. The number of carbonyl (C=O) groups excluding carboxylic acids is 1. The highest BCUT2D eigenvalue weighted by Gasteiger charge is 2.30. The van der Waals surface area contributed by atoms with Crippen molar-refractivity contribution < 1.29 is 14.7 Å². The van der Waals surface area contributed by atoms with Gasteiger partial charge >= 0.3 is 5.97 Å². The first-order chi connectivity index (χ1) is 8.61. The molecule has 1 amide bonds. The second-order valence-corrected chi connectivity index (χ2v) is 4.39. The number of carboxylic acids is 1. The summed E-state index contributed by atoms with van der Waals surface area (Å²) in [6, 6.07) is 0. The van der Waals surface area contributed by atoms with Crippen LogP contribution in [0.15, 0.2) is 0 Å². The number of aliphatic carboxylic acids is 1. The number of rotatable bonds is 3. The SMILES string of the molecule is CCc1nc(C(=O)N2CCCC(C(=O)O)C2)n[nH]1. The van der Waals surface area contributed by atoms with Crippen LogP contribution in [-0.2, 0) is 11.2 Å². The number of hydrogen-bond donors (Lipinski definition) is 2. The summed E-state index contributed by atoms with van der Waals surface area (Å²) in [5.41, 5.74) is 0. The van der Waals surface area contributed by atoms with Crippen LogP contribution < -0.4 is 0 Å². The Hall–Kier alpha value is -1.92. The van der Waals surface area contributed by atoms with Gasteiger partial charge in [0.1, 0.15) is 5.82 Å². The van der Waals surface area contributed by atoms with E-state index < -0.39 is 11.9 Å². The summed E-state index contributed by atoms with van der Waals surface area (Å²) in [6.45, 7) is 2.72. The fourth-order valence-electron chi connectivity index (χ4n) is 2.05. The smallest absolute Gasteiger partial charge is 0.308 e. The predicted molar refractivity (Wildman–Crippen MR) is 62.0 cm³/mol. The van der Waals surface area contributed by atoms with Gasteiger partial charge in [-0.1, -0.05) is 6.92 Å². The Kier molecular flexibility index (Phi) is 3.59. The maximum absolute atomic E-state index is 12.1. The zero-order valence-corrected chi connectivity index (χ0v) is 10.2. The van der Waals surface area contributed by atoms with Crippen molar-refractivity contribution in [2.24, 2.45) is 5.92 Å². The lowest BCUT2D eigenvalue weighted by Gasteiger charge is -2.29. The largest absolute Gasteiger partial charge is 0.481 e. The van der Waals surface area contributed by atoms with Gasteiger partial charge in [-0.25, -0.2) is 4.98 Å². The van der Waals surface area contributed by atoms with Crippen LogP contribution in [0, 0.1) is 5.92 Å². The molecule has 1 fully saturated rings. The molecule has 7 heteroatoms. The van der Waals surface area contributed by atoms with Crippen LogP contribution >= 0.6 is 0 Å². The molecule has 1 aliphatic heterocycles. The van der Waals surface area contributed by atoms with Crippen LogP contribution in [0.5, 0.6) is 0 Å². The van der Waals surface area contributed by atoms with Crippen LogP contribution in [0.1, 0.15) is 36.2 Å². The molecule has 98 valence electrons. The van der Waals surface area contributed by atoms with Gasteiger partial charge < -0.3 is 10.0 Å². The van der Waals surface area contributed by atoms with Crippen LogP contribution in [0.2, 0.25) is 0 Å². The Balaban J connectivity index is 2.06. The number of aryl methyl sites for hydroxylation is 1. The molecule has 1 saturated heterocycles. The van der Waals surface area contributed by atoms with Crippen LogP contribution in [0.3, 0.4) is 0 Å². The monoisotopic (exact) mass is 252 g/mol. The Labute approximate surface area is 104 Å². The molecular formula is C11H16N4O3. The lowest BCUT2D eigenvalue weighted by molar-refractivity contribution is -0.143. The number of likely N-dealkylation sites (tertiary alicyclic amines) is 1. The molecule has 2 N–H and O–H groups in total. The minimum Gasteiger partial charge on any atom is -0.481 e. The van der Waals surface area contributed by atoms with Gasteiger partial charge in [-0.15, -0.1) is 5.10 Å². The summed E-state index contributed by atoms with van der Waals surface area (Å²) in [6.07, 6.45) is 2.00. The molecule has 0 spiro atoms. The molecule has 0 aromatic carbocycles. The lowest BCUT2D eigenvalue weighted by Crippen LogP contribution is -2.42. The summed E-state index contributed by atoms with van der Waals surface area (Å²) in [7, 11) is 0. The van der Waals surface area contributed by atoms with E-state index in [0.717, 1.165) is 0 Å². The molecule has 2 heterocycles. The first-order valence-electron chi connectivity index (χ1n) is 6.05. The summed E-state index contributed by atoms with van der Waals surface area (Å²) in [5.74, 6) is -0.844. The molecule has 1 atom stereocenters. The van der Waals surface area contributed by atoms with Gasteiger partial charge in [-0.3, -0.25) is 14.7 Å². The molecule has 0 bridgehead atoms. The normalized spacial score (nSPS) is 19.8. The molecule has 18 heavy (non-hydrogen) atoms. The van der Waals surface area contributed by atoms with E-state index >= 15 is 0 Å². The number of nitrogens with one attached hydrogen (secondary N) is 1. The van der Waals surface area contributed by atoms with Gasteiger partial charge in [0.05, 0.1) is 5.92 Å². The fraction of sp³-hybridized carbons (Fsp3) is 0.636. The highest BCUT2D eigenvalue weighted by atomic mass is 16.4. The molecule has 1 aliphatic rings. The Bertz CT molecular complexity index is 457. The Morgan fingerprint density at radius 2 is 2.33 bits per heavy atom. The van der Waals surface area contributed by atoms with Crippen molar-refractivity contribution in [3.8, 4) is 0 Å². The van der Waals surface area contributed by atoms with Crippen molar-refractivity contribution in [1.29, 1.82) is 0 Å². The third kappa shape index (κ3) is 2.49. The Morgan fingerprint density at radius 3 is 2.94 bits per heavy atom. The van der Waals surface area contributed by atoms with E-state index in [1.807, 2.05) is 6.92 Å². The minimum atomic E-state index is -0.850. The third-order valence-corrected chi connectivity index (χ3v) is 3.12. The van der Waals surface area contributed by atoms with Gasteiger partial charge in [0.25, 0.3) is 5.91 Å². The van der Waals surface area contributed by atoms with Gasteiger partial charge in [0, 0.05) is 19.5 Å². The number of aromatic amines is 1. The zero-order valence-electron chi connectivity index (χ0n) is 10.2. The number of aromatic nitrogens is 3. The first kappa shape index (κ1) is 12.5. The van der Waals surface area contributed by atoms with Gasteiger partial charge in [0.15, 0.2) is 0 Å². The van der Waals surface area contributed by atoms with E-state index in [1.165, 1.54) is 4.90 Å². The second kappa shape index (κ2) is 5.16. The highest BCUT2D eigenvalue weighted by Crippen LogP contribution is 2.17. The van der Waals surface area contributed by atoms with Crippen molar-refractivity contribution in [2.45, 2.75) is 26.2 Å². The van der Waals surface area contributed by atoms with Gasteiger partial charge in [0.2, 0.25) is 5.82 Å². The maximum Gasteiger partial charge on any atom is 0.308 e. The molecule has 1 unspecified atom stereocenters. The molecule has 0 saturated carbocycles. The molecule has 0 radical (unpaired) electrons. The number of nitrogens with zero attached hydrogens (tertiary/aromatic N) is 3. The van der Waals surface area contributed by atoms with Crippen LogP contribution in [0.4, 0.5) is 0 Å². The fourth-order valence-corrected chi connectivity index (χ4v) is 2.05. The number of amides is 1. The summed E-state index contributed by atoms with van der Waals surface area (Å²) in [5, 5.41) is 15.5. The lowest BCUT2D eigenvalue weighted by atomic mass is 9.98. The zero-order chi connectivity index (χ0) is 13.1. The van der Waals surface area contributed by atoms with Crippen molar-refractivity contribution in [3.63, 3.8) is 0 Å². The molecule has 1 aromatic rings. The van der Waals surface area contributed by atoms with Crippen LogP contribution in [0.25, 0.3) is 0 Å². The number of carboxylic acid groups (broad SMARTS) is 1. The van der Waals surface area contributed by atoms with Gasteiger partial charge in [-0.2, -0.15) is 0 Å². The molecule has 7 nitrogen and oxygen atoms in total. The van der Waals surface area contributed by atoms with E-state index in [-0.39, 0.29) is 18.3 Å². The number of piperidine rings is 1. The first-order valence-corrected chi connectivity index (χ1v) is 6.05. The standard InChI is InChI=1S/C11H16N4O3/c1-2-8-12-9(14-13-8)10(16)15-5-3-4-7(6-15)11(17)18/h7H,2-6H2,1H3,(H,17,18)(H,12,13,14). The van der Waals surface area contributed by atoms with Crippen molar-refractivity contribution >= 4 is 11.9 Å². The molecule has 2 rings (SSSR count). The maximum atomic E-state index is 12.1. The molecule has 0 aliphatic carbocycles. The topological polar surface area (TPSA) is 99.2 Å². The third-order valence-electron chi connectivity index (χ3n) is 3.12. The quantitative estimate of drug-likeness (QED) is 0.806. The number of carbonyl (C=O) groups is 2. The van der Waals surface area contributed by atoms with E-state index in [1.54, 1.807) is 0 Å². The second-order valence-electron chi connectivity index (χ2n) is 4.39. The molecule has 1 aromatic heterocycles. The average molecular weight is 252 g/mol. The summed E-state index contributed by atoms with van der Waals surface area (Å²) in [4.78, 5) is 28.6. The van der Waals surface area contributed by atoms with Crippen LogP contribution in [-0.4, -0.2) is 50.2 Å². The van der Waals surface area contributed by atoms with Crippen molar-refractivity contribution in [2.75, 3.05) is 13.1 Å². The van der Waals surface area contributed by atoms with Crippen molar-refractivity contribution in [1.82, 2.24) is 20.1 Å². The predicted octanol–water partition coefficient (Wildman–Crippen LogP) is 0.304.